The Kier molecular flexibility index (Phi) is 3.58. The van der Waals surface area contributed by atoms with E-state index in [1.165, 1.54) is 11.3 Å². The first-order chi connectivity index (χ1) is 10.1. The van der Waals surface area contributed by atoms with Gasteiger partial charge in [0.15, 0.2) is 0 Å². The first-order valence-corrected chi connectivity index (χ1v) is 7.32. The zero-order valence-electron chi connectivity index (χ0n) is 11.4. The highest BCUT2D eigenvalue weighted by atomic mass is 32.1. The fraction of sp³-hybridized carbons (Fsp3) is 0.125. The number of nitrogens with zero attached hydrogens (tertiary/aromatic N) is 1. The molecule has 0 unspecified atom stereocenters. The molecule has 4 nitrogen and oxygen atoms in total. The Balaban J connectivity index is 1.97. The number of carboxylic acid groups (broad SMARTS) is 1. The smallest absolute Gasteiger partial charge is 0.340 e. The molecule has 0 aliphatic heterocycles. The Morgan fingerprint density at radius 3 is 2.81 bits per heavy atom. The van der Waals surface area contributed by atoms with E-state index < -0.39 is 5.97 Å². The predicted octanol–water partition coefficient (Wildman–Crippen LogP) is 3.88. The van der Waals surface area contributed by atoms with Crippen molar-refractivity contribution in [2.24, 2.45) is 0 Å². The third-order valence-electron chi connectivity index (χ3n) is 3.12. The van der Waals surface area contributed by atoms with E-state index in [-0.39, 0.29) is 12.2 Å². The van der Waals surface area contributed by atoms with Crippen LogP contribution in [0.3, 0.4) is 0 Å². The number of aromatic carboxylic acids is 1. The highest BCUT2D eigenvalue weighted by molar-refractivity contribution is 7.09. The van der Waals surface area contributed by atoms with Gasteiger partial charge in [0, 0.05) is 11.1 Å². The van der Waals surface area contributed by atoms with Gasteiger partial charge in [0.1, 0.15) is 22.9 Å². The van der Waals surface area contributed by atoms with Crippen molar-refractivity contribution in [3.8, 4) is 5.75 Å². The zero-order chi connectivity index (χ0) is 14.8. The third kappa shape index (κ3) is 2.73. The summed E-state index contributed by atoms with van der Waals surface area (Å²) >= 11 is 1.50. The first kappa shape index (κ1) is 13.6. The van der Waals surface area contributed by atoms with Gasteiger partial charge in [-0.2, -0.15) is 0 Å². The average Bonchev–Trinajstić information content (AvgIpc) is 2.89. The number of fused-ring (bicyclic) bond motifs is 1. The molecule has 0 aliphatic carbocycles. The average molecular weight is 299 g/mol. The van der Waals surface area contributed by atoms with Gasteiger partial charge >= 0.3 is 5.97 Å². The molecule has 0 fully saturated rings. The van der Waals surface area contributed by atoms with Crippen molar-refractivity contribution in [1.29, 1.82) is 0 Å². The molecule has 21 heavy (non-hydrogen) atoms. The molecule has 0 radical (unpaired) electrons. The highest BCUT2D eigenvalue weighted by Crippen LogP contribution is 2.29. The molecule has 1 N–H and O–H groups in total. The van der Waals surface area contributed by atoms with Crippen LogP contribution in [-0.2, 0) is 6.61 Å². The summed E-state index contributed by atoms with van der Waals surface area (Å²) in [4.78, 5) is 15.9. The summed E-state index contributed by atoms with van der Waals surface area (Å²) in [6.07, 6.45) is 0. The predicted molar refractivity (Wildman–Crippen MR) is 82.1 cm³/mol. The number of hydrogen-bond donors (Lipinski definition) is 1. The molecule has 1 aromatic heterocycles. The van der Waals surface area contributed by atoms with E-state index in [9.17, 15) is 9.90 Å². The normalized spacial score (nSPS) is 10.7. The molecule has 1 heterocycles. The Hall–Kier alpha value is -2.40. The molecular formula is C16H13NO3S. The van der Waals surface area contributed by atoms with Crippen molar-refractivity contribution in [3.05, 3.63) is 58.0 Å². The Morgan fingerprint density at radius 1 is 1.29 bits per heavy atom. The van der Waals surface area contributed by atoms with Crippen LogP contribution in [0.2, 0.25) is 0 Å². The van der Waals surface area contributed by atoms with Gasteiger partial charge in [-0.25, -0.2) is 9.78 Å². The Morgan fingerprint density at radius 2 is 2.10 bits per heavy atom. The lowest BCUT2D eigenvalue weighted by atomic mass is 10.0. The number of carbonyl (C=O) groups is 1. The van der Waals surface area contributed by atoms with Gasteiger partial charge in [0.2, 0.25) is 0 Å². The van der Waals surface area contributed by atoms with Crippen molar-refractivity contribution in [1.82, 2.24) is 4.98 Å². The van der Waals surface area contributed by atoms with Crippen LogP contribution in [0.15, 0.2) is 41.8 Å². The van der Waals surface area contributed by atoms with Gasteiger partial charge < -0.3 is 9.84 Å². The summed E-state index contributed by atoms with van der Waals surface area (Å²) in [5.74, 6) is -0.619. The minimum absolute atomic E-state index is 0.196. The van der Waals surface area contributed by atoms with Gasteiger partial charge in [0.25, 0.3) is 0 Å². The summed E-state index contributed by atoms with van der Waals surface area (Å²) in [6, 6.07) is 10.9. The maximum Gasteiger partial charge on any atom is 0.340 e. The number of carboxylic acids is 1. The molecule has 0 amide bonds. The maximum absolute atomic E-state index is 11.6. The third-order valence-corrected chi connectivity index (χ3v) is 4.06. The number of rotatable bonds is 4. The van der Waals surface area contributed by atoms with Crippen LogP contribution in [0.5, 0.6) is 5.75 Å². The van der Waals surface area contributed by atoms with E-state index in [1.807, 2.05) is 36.6 Å². The van der Waals surface area contributed by atoms with Crippen LogP contribution in [0.4, 0.5) is 0 Å². The van der Waals surface area contributed by atoms with Crippen LogP contribution in [0.1, 0.15) is 21.1 Å². The van der Waals surface area contributed by atoms with Crippen LogP contribution in [0.25, 0.3) is 10.8 Å². The summed E-state index contributed by atoms with van der Waals surface area (Å²) in [5, 5.41) is 13.8. The zero-order valence-corrected chi connectivity index (χ0v) is 12.2. The molecule has 3 rings (SSSR count). The van der Waals surface area contributed by atoms with Crippen molar-refractivity contribution >= 4 is 28.1 Å². The quantitative estimate of drug-likeness (QED) is 0.794. The topological polar surface area (TPSA) is 59.4 Å². The van der Waals surface area contributed by atoms with Crippen LogP contribution in [-0.4, -0.2) is 16.1 Å². The number of aromatic nitrogens is 1. The molecule has 3 aromatic rings. The lowest BCUT2D eigenvalue weighted by Gasteiger charge is -2.10. The second kappa shape index (κ2) is 5.54. The minimum atomic E-state index is -0.989. The molecule has 0 saturated carbocycles. The van der Waals surface area contributed by atoms with E-state index in [0.717, 1.165) is 16.1 Å². The van der Waals surface area contributed by atoms with Crippen molar-refractivity contribution < 1.29 is 14.6 Å². The molecular weight excluding hydrogens is 286 g/mol. The monoisotopic (exact) mass is 299 g/mol. The second-order valence-electron chi connectivity index (χ2n) is 4.64. The lowest BCUT2D eigenvalue weighted by molar-refractivity contribution is 0.0694. The molecule has 0 atom stereocenters. The standard InChI is InChI=1S/C16H13NO3S/c1-10-9-21-14(17-10)8-20-13-7-6-11-4-2-3-5-12(11)15(13)16(18)19/h2-7,9H,8H2,1H3,(H,18,19). The van der Waals surface area contributed by atoms with Crippen LogP contribution in [0, 0.1) is 6.92 Å². The summed E-state index contributed by atoms with van der Waals surface area (Å²) in [6.45, 7) is 2.19. The summed E-state index contributed by atoms with van der Waals surface area (Å²) in [7, 11) is 0. The number of hydrogen-bond acceptors (Lipinski definition) is 4. The van der Waals surface area contributed by atoms with Gasteiger partial charge in [-0.05, 0) is 23.8 Å². The van der Waals surface area contributed by atoms with E-state index in [0.29, 0.717) is 11.1 Å². The molecule has 0 aliphatic rings. The molecule has 2 aromatic carbocycles. The van der Waals surface area contributed by atoms with E-state index in [4.69, 9.17) is 4.74 Å². The molecule has 5 heteroatoms. The maximum atomic E-state index is 11.6. The van der Waals surface area contributed by atoms with Gasteiger partial charge in [-0.3, -0.25) is 0 Å². The van der Waals surface area contributed by atoms with Gasteiger partial charge in [0.05, 0.1) is 0 Å². The van der Waals surface area contributed by atoms with Gasteiger partial charge in [-0.15, -0.1) is 11.3 Å². The van der Waals surface area contributed by atoms with E-state index in [2.05, 4.69) is 4.98 Å². The molecule has 106 valence electrons. The van der Waals surface area contributed by atoms with Gasteiger partial charge in [-0.1, -0.05) is 30.3 Å². The van der Waals surface area contributed by atoms with E-state index in [1.54, 1.807) is 12.1 Å². The van der Waals surface area contributed by atoms with Crippen molar-refractivity contribution in [3.63, 3.8) is 0 Å². The minimum Gasteiger partial charge on any atom is -0.485 e. The summed E-state index contributed by atoms with van der Waals surface area (Å²) in [5.41, 5.74) is 1.14. The Bertz CT molecular complexity index is 810. The molecule has 0 spiro atoms. The second-order valence-corrected chi connectivity index (χ2v) is 5.58. The van der Waals surface area contributed by atoms with Crippen LogP contribution >= 0.6 is 11.3 Å². The largest absolute Gasteiger partial charge is 0.485 e. The van der Waals surface area contributed by atoms with Crippen molar-refractivity contribution in [2.45, 2.75) is 13.5 Å². The number of ether oxygens (including phenoxy) is 1. The Labute approximate surface area is 125 Å². The highest BCUT2D eigenvalue weighted by Gasteiger charge is 2.16. The molecule has 0 bridgehead atoms. The number of aryl methyl sites for hydroxylation is 1. The lowest BCUT2D eigenvalue weighted by Crippen LogP contribution is -2.04. The van der Waals surface area contributed by atoms with Crippen LogP contribution < -0.4 is 4.74 Å². The first-order valence-electron chi connectivity index (χ1n) is 6.44. The fourth-order valence-electron chi connectivity index (χ4n) is 2.20. The van der Waals surface area contributed by atoms with E-state index >= 15 is 0 Å². The van der Waals surface area contributed by atoms with Crippen molar-refractivity contribution in [2.75, 3.05) is 0 Å². The number of thiazole rings is 1. The fourth-order valence-corrected chi connectivity index (χ4v) is 2.88. The summed E-state index contributed by atoms with van der Waals surface area (Å²) < 4.78 is 5.67. The molecule has 0 saturated heterocycles. The number of benzene rings is 2. The SMILES string of the molecule is Cc1csc(COc2ccc3ccccc3c2C(=O)O)n1.